The van der Waals surface area contributed by atoms with Crippen LogP contribution < -0.4 is 5.32 Å². The van der Waals surface area contributed by atoms with Gasteiger partial charge in [-0.3, -0.25) is 9.59 Å². The molecule has 0 saturated heterocycles. The summed E-state index contributed by atoms with van der Waals surface area (Å²) in [5, 5.41) is 11.6. The molecule has 0 aromatic heterocycles. The third-order valence-corrected chi connectivity index (χ3v) is 6.32. The zero-order valence-corrected chi connectivity index (χ0v) is 19.9. The van der Waals surface area contributed by atoms with Crippen molar-refractivity contribution in [3.63, 3.8) is 0 Å². The van der Waals surface area contributed by atoms with E-state index in [9.17, 15) is 14.4 Å². The Bertz CT molecular complexity index is 994. The molecule has 1 unspecified atom stereocenters. The molecule has 0 heterocycles. The van der Waals surface area contributed by atoms with Crippen molar-refractivity contribution in [3.8, 4) is 11.1 Å². The number of carboxylic acids is 1. The van der Waals surface area contributed by atoms with Crippen LogP contribution in [0.25, 0.3) is 11.1 Å². The fourth-order valence-electron chi connectivity index (χ4n) is 4.50. The molecule has 0 saturated carbocycles. The molecule has 1 aliphatic rings. The minimum Gasteiger partial charge on any atom is -0.481 e. The third kappa shape index (κ3) is 5.39. The van der Waals surface area contributed by atoms with E-state index in [2.05, 4.69) is 17.4 Å². The van der Waals surface area contributed by atoms with Crippen molar-refractivity contribution in [2.75, 3.05) is 33.9 Å². The van der Waals surface area contributed by atoms with E-state index in [1.807, 2.05) is 36.4 Å². The van der Waals surface area contributed by atoms with Gasteiger partial charge in [0.15, 0.2) is 0 Å². The Hall–Kier alpha value is -3.39. The third-order valence-electron chi connectivity index (χ3n) is 6.32. The first-order valence-electron chi connectivity index (χ1n) is 11.4. The number of nitrogens with zero attached hydrogens (tertiary/aromatic N) is 1. The van der Waals surface area contributed by atoms with Crippen LogP contribution in [-0.4, -0.2) is 67.4 Å². The van der Waals surface area contributed by atoms with Gasteiger partial charge in [-0.15, -0.1) is 0 Å². The molecule has 2 N–H and O–H groups in total. The standard InChI is InChI=1S/C26H32N2O6/c1-4-26(17-33-3,24(31)28(2)15-9-14-23(29)30)27-25(32)34-16-22-20-12-7-5-10-18(20)19-11-6-8-13-21(19)22/h5-8,10-13,22H,4,9,14-17H2,1-3H3,(H,27,32)(H,29,30). The van der Waals surface area contributed by atoms with Crippen molar-refractivity contribution in [3.05, 3.63) is 59.7 Å². The number of carbonyl (C=O) groups is 3. The van der Waals surface area contributed by atoms with E-state index in [0.717, 1.165) is 22.3 Å². The predicted octanol–water partition coefficient (Wildman–Crippen LogP) is 3.64. The van der Waals surface area contributed by atoms with Gasteiger partial charge in [0.05, 0.1) is 6.61 Å². The molecule has 0 fully saturated rings. The second kappa shape index (κ2) is 11.2. The van der Waals surface area contributed by atoms with E-state index in [-0.39, 0.29) is 44.4 Å². The number of likely N-dealkylation sites (N-methyl/N-ethyl adjacent to an activating group) is 1. The Labute approximate surface area is 199 Å². The molecule has 0 bridgehead atoms. The van der Waals surface area contributed by atoms with Crippen LogP contribution in [0.1, 0.15) is 43.2 Å². The summed E-state index contributed by atoms with van der Waals surface area (Å²) in [6.07, 6.45) is -0.142. The molecule has 2 aromatic rings. The summed E-state index contributed by atoms with van der Waals surface area (Å²) in [5.74, 6) is -1.36. The Morgan fingerprint density at radius 3 is 2.18 bits per heavy atom. The zero-order valence-electron chi connectivity index (χ0n) is 19.9. The van der Waals surface area contributed by atoms with Gasteiger partial charge in [-0.2, -0.15) is 0 Å². The van der Waals surface area contributed by atoms with Gasteiger partial charge >= 0.3 is 12.1 Å². The van der Waals surface area contributed by atoms with Crippen LogP contribution in [-0.2, 0) is 19.1 Å². The number of hydrogen-bond acceptors (Lipinski definition) is 5. The van der Waals surface area contributed by atoms with Crippen molar-refractivity contribution in [2.24, 2.45) is 0 Å². The molecule has 0 aliphatic heterocycles. The highest BCUT2D eigenvalue weighted by Crippen LogP contribution is 2.44. The summed E-state index contributed by atoms with van der Waals surface area (Å²) in [6, 6.07) is 16.1. The maximum absolute atomic E-state index is 13.2. The summed E-state index contributed by atoms with van der Waals surface area (Å²) in [6.45, 7) is 2.14. The lowest BCUT2D eigenvalue weighted by atomic mass is 9.95. The number of methoxy groups -OCH3 is 1. The van der Waals surface area contributed by atoms with Crippen LogP contribution >= 0.6 is 0 Å². The summed E-state index contributed by atoms with van der Waals surface area (Å²) < 4.78 is 10.9. The van der Waals surface area contributed by atoms with Crippen LogP contribution in [0.3, 0.4) is 0 Å². The molecule has 2 aromatic carbocycles. The second-order valence-corrected chi connectivity index (χ2v) is 8.54. The van der Waals surface area contributed by atoms with Gasteiger partial charge in [-0.05, 0) is 35.1 Å². The highest BCUT2D eigenvalue weighted by molar-refractivity contribution is 5.90. The first kappa shape index (κ1) is 25.2. The monoisotopic (exact) mass is 468 g/mol. The van der Waals surface area contributed by atoms with Crippen LogP contribution in [0, 0.1) is 0 Å². The van der Waals surface area contributed by atoms with Crippen LogP contribution in [0.5, 0.6) is 0 Å². The Morgan fingerprint density at radius 1 is 1.06 bits per heavy atom. The zero-order chi connectivity index (χ0) is 24.7. The van der Waals surface area contributed by atoms with Gasteiger partial charge in [0, 0.05) is 33.0 Å². The maximum Gasteiger partial charge on any atom is 0.408 e. The number of carbonyl (C=O) groups excluding carboxylic acids is 2. The van der Waals surface area contributed by atoms with Crippen LogP contribution in [0.15, 0.2) is 48.5 Å². The van der Waals surface area contributed by atoms with Gasteiger partial charge < -0.3 is 24.8 Å². The molecule has 0 radical (unpaired) electrons. The number of aliphatic carboxylic acids is 1. The number of rotatable bonds is 11. The lowest BCUT2D eigenvalue weighted by molar-refractivity contribution is -0.141. The lowest BCUT2D eigenvalue weighted by Gasteiger charge is -2.35. The number of benzene rings is 2. The summed E-state index contributed by atoms with van der Waals surface area (Å²) in [4.78, 5) is 38.3. The van der Waals surface area contributed by atoms with Gasteiger partial charge in [0.1, 0.15) is 12.1 Å². The van der Waals surface area contributed by atoms with E-state index in [1.165, 1.54) is 12.0 Å². The number of amides is 2. The minimum absolute atomic E-state index is 0.0319. The van der Waals surface area contributed by atoms with Crippen molar-refractivity contribution in [2.45, 2.75) is 37.6 Å². The first-order chi connectivity index (χ1) is 16.3. The van der Waals surface area contributed by atoms with Crippen LogP contribution in [0.2, 0.25) is 0 Å². The van der Waals surface area contributed by atoms with Gasteiger partial charge in [0.2, 0.25) is 0 Å². The number of carboxylic acid groups (broad SMARTS) is 1. The quantitative estimate of drug-likeness (QED) is 0.522. The first-order valence-corrected chi connectivity index (χ1v) is 11.4. The van der Waals surface area contributed by atoms with Crippen molar-refractivity contribution in [1.29, 1.82) is 0 Å². The number of ether oxygens (including phenoxy) is 2. The Balaban J connectivity index is 1.70. The number of nitrogens with one attached hydrogen (secondary N) is 1. The van der Waals surface area contributed by atoms with E-state index in [4.69, 9.17) is 14.6 Å². The molecule has 3 rings (SSSR count). The van der Waals surface area contributed by atoms with Crippen LogP contribution in [0.4, 0.5) is 4.79 Å². The van der Waals surface area contributed by atoms with E-state index >= 15 is 0 Å². The molecule has 8 heteroatoms. The average Bonchev–Trinajstić information content (AvgIpc) is 3.15. The molecule has 1 aliphatic carbocycles. The van der Waals surface area contributed by atoms with E-state index in [0.29, 0.717) is 6.42 Å². The number of alkyl carbamates (subject to hydrolysis) is 1. The van der Waals surface area contributed by atoms with Crippen molar-refractivity contribution in [1.82, 2.24) is 10.2 Å². The topological polar surface area (TPSA) is 105 Å². The predicted molar refractivity (Wildman–Crippen MR) is 128 cm³/mol. The van der Waals surface area contributed by atoms with E-state index in [1.54, 1.807) is 14.0 Å². The smallest absolute Gasteiger partial charge is 0.408 e. The fourth-order valence-corrected chi connectivity index (χ4v) is 4.50. The number of fused-ring (bicyclic) bond motifs is 3. The van der Waals surface area contributed by atoms with Gasteiger partial charge in [-0.25, -0.2) is 4.79 Å². The summed E-state index contributed by atoms with van der Waals surface area (Å²) >= 11 is 0. The van der Waals surface area contributed by atoms with Crippen molar-refractivity contribution >= 4 is 18.0 Å². The minimum atomic E-state index is -1.31. The largest absolute Gasteiger partial charge is 0.481 e. The Morgan fingerprint density at radius 2 is 1.65 bits per heavy atom. The fraction of sp³-hybridized carbons (Fsp3) is 0.423. The molecule has 0 spiro atoms. The Kier molecular flexibility index (Phi) is 8.28. The lowest BCUT2D eigenvalue weighted by Crippen LogP contribution is -2.61. The number of hydrogen-bond donors (Lipinski definition) is 2. The average molecular weight is 469 g/mol. The maximum atomic E-state index is 13.2. The normalized spacial score (nSPS) is 14.0. The molecule has 34 heavy (non-hydrogen) atoms. The molecular weight excluding hydrogens is 436 g/mol. The molecule has 182 valence electrons. The summed E-state index contributed by atoms with van der Waals surface area (Å²) in [7, 11) is 3.05. The molecular formula is C26H32N2O6. The van der Waals surface area contributed by atoms with E-state index < -0.39 is 17.6 Å². The van der Waals surface area contributed by atoms with Crippen molar-refractivity contribution < 1.29 is 29.0 Å². The second-order valence-electron chi connectivity index (χ2n) is 8.54. The SMILES string of the molecule is CCC(COC)(NC(=O)OCC1c2ccccc2-c2ccccc21)C(=O)N(C)CCCC(=O)O. The molecule has 8 nitrogen and oxygen atoms in total. The van der Waals surface area contributed by atoms with Gasteiger partial charge in [-0.1, -0.05) is 55.5 Å². The molecule has 1 atom stereocenters. The van der Waals surface area contributed by atoms with Gasteiger partial charge in [0.25, 0.3) is 5.91 Å². The molecule has 2 amide bonds. The summed E-state index contributed by atoms with van der Waals surface area (Å²) in [5.41, 5.74) is 3.16. The highest BCUT2D eigenvalue weighted by Gasteiger charge is 2.41. The highest BCUT2D eigenvalue weighted by atomic mass is 16.5.